The van der Waals surface area contributed by atoms with E-state index in [1.807, 2.05) is 0 Å². The maximum absolute atomic E-state index is 6.73. The minimum atomic E-state index is -0.207. The molecule has 1 aliphatic carbocycles. The first-order chi connectivity index (χ1) is 33.5. The van der Waals surface area contributed by atoms with Crippen LogP contribution in [0.3, 0.4) is 0 Å². The number of benzene rings is 11. The Balaban J connectivity index is 0.906. The number of anilines is 3. The first-order valence-electron chi connectivity index (χ1n) is 23.6. The SMILES string of the molecule is CC1(C)c2ccc(-c3ccc4c(c3)c3ccc5ccc6c7ccccc7oc6c5c3n4-c3ccccc3)cc2-c2ccc(N(c3ccc(-c4ccccc4)cc3)c3ccc4ccccc4c3)cc21. The van der Waals surface area contributed by atoms with Crippen LogP contribution in [0.5, 0.6) is 0 Å². The van der Waals surface area contributed by atoms with Gasteiger partial charge in [0.25, 0.3) is 0 Å². The maximum atomic E-state index is 6.73. The van der Waals surface area contributed by atoms with E-state index in [4.69, 9.17) is 4.42 Å². The second-order valence-electron chi connectivity index (χ2n) is 18.9. The minimum absolute atomic E-state index is 0.207. The third-order valence-corrected chi connectivity index (χ3v) is 14.7. The monoisotopic (exact) mass is 868 g/mol. The predicted molar refractivity (Wildman–Crippen MR) is 286 cm³/mol. The number of aromatic nitrogens is 1. The third-order valence-electron chi connectivity index (χ3n) is 14.7. The van der Waals surface area contributed by atoms with Crippen LogP contribution >= 0.6 is 0 Å². The van der Waals surface area contributed by atoms with Gasteiger partial charge in [0, 0.05) is 55.1 Å². The van der Waals surface area contributed by atoms with Crippen molar-refractivity contribution in [2.24, 2.45) is 0 Å². The van der Waals surface area contributed by atoms with Gasteiger partial charge in [0.05, 0.1) is 11.0 Å². The molecule has 0 saturated heterocycles. The van der Waals surface area contributed by atoms with Gasteiger partial charge in [-0.25, -0.2) is 0 Å². The van der Waals surface area contributed by atoms with Crippen LogP contribution in [0.2, 0.25) is 0 Å². The van der Waals surface area contributed by atoms with Crippen molar-refractivity contribution >= 4 is 82.4 Å². The lowest BCUT2D eigenvalue weighted by molar-refractivity contribution is 0.660. The Morgan fingerprint density at radius 3 is 1.87 bits per heavy atom. The van der Waals surface area contributed by atoms with Crippen LogP contribution in [0.4, 0.5) is 17.1 Å². The molecule has 2 heterocycles. The van der Waals surface area contributed by atoms with E-state index >= 15 is 0 Å². The smallest absolute Gasteiger partial charge is 0.145 e. The molecule has 0 saturated carbocycles. The standard InChI is InChI=1S/C65H44N2O/c1-65(2)58-35-26-46(47-27-36-60-57(39-47)54-32-24-44-25-33-55-53-19-11-12-20-61(53)68-64(55)62(44)63(54)67(60)48-17-7-4-8-18-48)38-56(58)52-34-31-51(40-59(52)65)66(50-30-23-42-15-9-10-16-45(42)37-50)49-28-21-43(22-29-49)41-13-5-3-6-14-41/h3-40H,1-2H3. The fraction of sp³-hybridized carbons (Fsp3) is 0.0462. The summed E-state index contributed by atoms with van der Waals surface area (Å²) < 4.78 is 9.16. The lowest BCUT2D eigenvalue weighted by atomic mass is 9.82. The van der Waals surface area contributed by atoms with Crippen molar-refractivity contribution in [2.75, 3.05) is 4.90 Å². The second kappa shape index (κ2) is 14.7. The van der Waals surface area contributed by atoms with E-state index in [9.17, 15) is 0 Å². The zero-order chi connectivity index (χ0) is 45.1. The van der Waals surface area contributed by atoms with E-state index in [0.717, 1.165) is 61.0 Å². The number of rotatable bonds is 6. The Bertz CT molecular complexity index is 4160. The Labute approximate surface area is 394 Å². The van der Waals surface area contributed by atoms with Crippen molar-refractivity contribution in [1.29, 1.82) is 0 Å². The van der Waals surface area contributed by atoms with Crippen LogP contribution < -0.4 is 4.90 Å². The van der Waals surface area contributed by atoms with Crippen molar-refractivity contribution < 1.29 is 4.42 Å². The molecule has 0 unspecified atom stereocenters. The highest BCUT2D eigenvalue weighted by atomic mass is 16.3. The van der Waals surface area contributed by atoms with Gasteiger partial charge in [0.2, 0.25) is 0 Å². The van der Waals surface area contributed by atoms with Crippen molar-refractivity contribution in [3.63, 3.8) is 0 Å². The molecule has 0 bridgehead atoms. The molecule has 320 valence electrons. The summed E-state index contributed by atoms with van der Waals surface area (Å²) in [4.78, 5) is 2.41. The lowest BCUT2D eigenvalue weighted by Crippen LogP contribution is -2.16. The van der Waals surface area contributed by atoms with E-state index in [1.165, 1.54) is 71.6 Å². The normalized spacial score (nSPS) is 13.0. The van der Waals surface area contributed by atoms with Gasteiger partial charge in [-0.1, -0.05) is 166 Å². The zero-order valence-electron chi connectivity index (χ0n) is 37.7. The summed E-state index contributed by atoms with van der Waals surface area (Å²) in [5, 5.41) is 9.45. The fourth-order valence-corrected chi connectivity index (χ4v) is 11.4. The highest BCUT2D eigenvalue weighted by Crippen LogP contribution is 2.52. The number of furan rings is 1. The average molecular weight is 869 g/mol. The summed E-state index contributed by atoms with van der Waals surface area (Å²) in [5.74, 6) is 0. The number of fused-ring (bicyclic) bond motifs is 13. The largest absolute Gasteiger partial charge is 0.455 e. The first-order valence-corrected chi connectivity index (χ1v) is 23.6. The van der Waals surface area contributed by atoms with Crippen LogP contribution in [0, 0.1) is 0 Å². The average Bonchev–Trinajstić information content (AvgIpc) is 4.02. The molecule has 3 heteroatoms. The predicted octanol–water partition coefficient (Wildman–Crippen LogP) is 18.1. The summed E-state index contributed by atoms with van der Waals surface area (Å²) in [5.41, 5.74) is 18.6. The summed E-state index contributed by atoms with van der Waals surface area (Å²) in [7, 11) is 0. The summed E-state index contributed by atoms with van der Waals surface area (Å²) >= 11 is 0. The maximum Gasteiger partial charge on any atom is 0.145 e. The molecule has 1 aliphatic rings. The van der Waals surface area contributed by atoms with Crippen molar-refractivity contribution in [3.8, 4) is 39.1 Å². The Kier molecular flexibility index (Phi) is 8.33. The third kappa shape index (κ3) is 5.79. The fourth-order valence-electron chi connectivity index (χ4n) is 11.4. The van der Waals surface area contributed by atoms with Gasteiger partial charge >= 0.3 is 0 Å². The Hall–Kier alpha value is -8.66. The summed E-state index contributed by atoms with van der Waals surface area (Å²) in [6, 6.07) is 84.4. The van der Waals surface area contributed by atoms with E-state index < -0.39 is 0 Å². The molecule has 0 spiro atoms. The second-order valence-corrected chi connectivity index (χ2v) is 18.9. The molecule has 0 N–H and O–H groups in total. The molecule has 0 fully saturated rings. The van der Waals surface area contributed by atoms with Gasteiger partial charge in [-0.05, 0) is 140 Å². The number of nitrogens with zero attached hydrogens (tertiary/aromatic N) is 2. The van der Waals surface area contributed by atoms with Crippen molar-refractivity contribution in [3.05, 3.63) is 242 Å². The van der Waals surface area contributed by atoms with Crippen LogP contribution in [-0.2, 0) is 5.41 Å². The van der Waals surface area contributed by atoms with E-state index in [1.54, 1.807) is 0 Å². The van der Waals surface area contributed by atoms with Crippen LogP contribution in [0.1, 0.15) is 25.0 Å². The molecule has 0 atom stereocenters. The Morgan fingerprint density at radius 1 is 0.397 bits per heavy atom. The van der Waals surface area contributed by atoms with Crippen molar-refractivity contribution in [2.45, 2.75) is 19.3 Å². The number of hydrogen-bond donors (Lipinski definition) is 0. The minimum Gasteiger partial charge on any atom is -0.455 e. The summed E-state index contributed by atoms with van der Waals surface area (Å²) in [6.45, 7) is 4.76. The van der Waals surface area contributed by atoms with E-state index in [-0.39, 0.29) is 5.41 Å². The van der Waals surface area contributed by atoms with Gasteiger partial charge < -0.3 is 13.9 Å². The molecule has 3 nitrogen and oxygen atoms in total. The quantitative estimate of drug-likeness (QED) is 0.166. The first kappa shape index (κ1) is 38.6. The lowest BCUT2D eigenvalue weighted by Gasteiger charge is -2.28. The molecule has 68 heavy (non-hydrogen) atoms. The molecule has 2 aromatic heterocycles. The van der Waals surface area contributed by atoms with Gasteiger partial charge in [-0.15, -0.1) is 0 Å². The highest BCUT2D eigenvalue weighted by molar-refractivity contribution is 6.27. The molecule has 14 rings (SSSR count). The number of para-hydroxylation sites is 2. The topological polar surface area (TPSA) is 21.3 Å². The van der Waals surface area contributed by atoms with E-state index in [0.29, 0.717) is 0 Å². The van der Waals surface area contributed by atoms with Crippen LogP contribution in [-0.4, -0.2) is 4.57 Å². The number of hydrogen-bond acceptors (Lipinski definition) is 2. The molecule has 0 amide bonds. The molecular formula is C65H44N2O. The Morgan fingerprint density at radius 2 is 1.03 bits per heavy atom. The van der Waals surface area contributed by atoms with Gasteiger partial charge in [-0.2, -0.15) is 0 Å². The molecule has 0 radical (unpaired) electrons. The van der Waals surface area contributed by atoms with Crippen molar-refractivity contribution in [1.82, 2.24) is 4.57 Å². The summed E-state index contributed by atoms with van der Waals surface area (Å²) in [6.07, 6.45) is 0. The van der Waals surface area contributed by atoms with Gasteiger partial charge in [0.1, 0.15) is 11.2 Å². The highest BCUT2D eigenvalue weighted by Gasteiger charge is 2.36. The molecule has 11 aromatic carbocycles. The van der Waals surface area contributed by atoms with Crippen LogP contribution in [0.25, 0.3) is 104 Å². The zero-order valence-corrected chi connectivity index (χ0v) is 37.7. The van der Waals surface area contributed by atoms with Crippen LogP contribution in [0.15, 0.2) is 235 Å². The molecular weight excluding hydrogens is 825 g/mol. The molecule has 13 aromatic rings. The molecule has 0 aliphatic heterocycles. The van der Waals surface area contributed by atoms with Gasteiger partial charge in [0.15, 0.2) is 0 Å². The van der Waals surface area contributed by atoms with E-state index in [2.05, 4.69) is 254 Å². The van der Waals surface area contributed by atoms with Gasteiger partial charge in [-0.3, -0.25) is 0 Å².